The van der Waals surface area contributed by atoms with Gasteiger partial charge in [-0.25, -0.2) is 0 Å². The molecule has 1 unspecified atom stereocenters. The first kappa shape index (κ1) is 16.8. The molecule has 0 saturated heterocycles. The van der Waals surface area contributed by atoms with Crippen LogP contribution in [0.5, 0.6) is 11.5 Å². The molecule has 22 heavy (non-hydrogen) atoms. The van der Waals surface area contributed by atoms with Crippen LogP contribution < -0.4 is 20.1 Å². The van der Waals surface area contributed by atoms with Crippen molar-refractivity contribution >= 4 is 18.7 Å². The molecule has 0 aromatic heterocycles. The van der Waals surface area contributed by atoms with Gasteiger partial charge in [-0.3, -0.25) is 4.67 Å². The highest BCUT2D eigenvalue weighted by atomic mass is 31.1. The summed E-state index contributed by atoms with van der Waals surface area (Å²) in [4.78, 5) is 0. The van der Waals surface area contributed by atoms with E-state index in [1.165, 1.54) is 10.6 Å². The van der Waals surface area contributed by atoms with Crippen molar-refractivity contribution in [1.82, 2.24) is 4.67 Å². The summed E-state index contributed by atoms with van der Waals surface area (Å²) in [5.74, 6) is 1.71. The Kier molecular flexibility index (Phi) is 6.23. The SMILES string of the molecule is CCCN(C)P(c1ccccc1)c1ccc(OC)cc1OC. The largest absolute Gasteiger partial charge is 0.497 e. The quantitative estimate of drug-likeness (QED) is 0.731. The van der Waals surface area contributed by atoms with Gasteiger partial charge >= 0.3 is 0 Å². The molecule has 1 atom stereocenters. The summed E-state index contributed by atoms with van der Waals surface area (Å²) >= 11 is 0. The second-order valence-corrected chi connectivity index (χ2v) is 7.37. The molecule has 0 fully saturated rings. The minimum Gasteiger partial charge on any atom is -0.497 e. The van der Waals surface area contributed by atoms with Gasteiger partial charge in [-0.1, -0.05) is 37.3 Å². The maximum atomic E-state index is 5.63. The number of rotatable bonds is 7. The molecule has 2 aromatic rings. The molecule has 118 valence electrons. The normalized spacial score (nSPS) is 12.2. The van der Waals surface area contributed by atoms with Crippen LogP contribution in [-0.4, -0.2) is 32.5 Å². The Morgan fingerprint density at radius 2 is 1.73 bits per heavy atom. The average Bonchev–Trinajstić information content (AvgIpc) is 2.56. The number of nitrogens with zero attached hydrogens (tertiary/aromatic N) is 1. The summed E-state index contributed by atoms with van der Waals surface area (Å²) in [6.07, 6.45) is 1.13. The second-order valence-electron chi connectivity index (χ2n) is 5.07. The molecule has 3 nitrogen and oxygen atoms in total. The Morgan fingerprint density at radius 3 is 2.32 bits per heavy atom. The first-order valence-electron chi connectivity index (χ1n) is 7.49. The van der Waals surface area contributed by atoms with Crippen LogP contribution in [0.2, 0.25) is 0 Å². The van der Waals surface area contributed by atoms with Gasteiger partial charge in [-0.2, -0.15) is 0 Å². The van der Waals surface area contributed by atoms with E-state index in [2.05, 4.69) is 55.0 Å². The van der Waals surface area contributed by atoms with Crippen LogP contribution >= 0.6 is 8.07 Å². The van der Waals surface area contributed by atoms with Gasteiger partial charge in [0.15, 0.2) is 0 Å². The van der Waals surface area contributed by atoms with E-state index in [1.807, 2.05) is 12.1 Å². The third-order valence-corrected chi connectivity index (χ3v) is 6.00. The minimum absolute atomic E-state index is 0.609. The van der Waals surface area contributed by atoms with E-state index in [1.54, 1.807) is 14.2 Å². The first-order chi connectivity index (χ1) is 10.7. The van der Waals surface area contributed by atoms with Crippen LogP contribution in [0.25, 0.3) is 0 Å². The number of hydrogen-bond acceptors (Lipinski definition) is 3. The van der Waals surface area contributed by atoms with Gasteiger partial charge in [-0.15, -0.1) is 0 Å². The third-order valence-electron chi connectivity index (χ3n) is 3.50. The molecular weight excluding hydrogens is 293 g/mol. The standard InChI is InChI=1S/C18H24NO2P/c1-5-13-19(2)22(16-9-7-6-8-10-16)18-12-11-15(20-3)14-17(18)21-4/h6-12,14H,5,13H2,1-4H3. The summed E-state index contributed by atoms with van der Waals surface area (Å²) in [5.41, 5.74) is 0. The molecule has 0 aliphatic carbocycles. The lowest BCUT2D eigenvalue weighted by Crippen LogP contribution is -2.27. The van der Waals surface area contributed by atoms with Crippen molar-refractivity contribution in [2.75, 3.05) is 27.8 Å². The van der Waals surface area contributed by atoms with Crippen molar-refractivity contribution in [2.24, 2.45) is 0 Å². The van der Waals surface area contributed by atoms with E-state index >= 15 is 0 Å². The lowest BCUT2D eigenvalue weighted by atomic mass is 10.3. The van der Waals surface area contributed by atoms with E-state index < -0.39 is 8.07 Å². The van der Waals surface area contributed by atoms with Crippen molar-refractivity contribution in [1.29, 1.82) is 0 Å². The van der Waals surface area contributed by atoms with Crippen molar-refractivity contribution in [2.45, 2.75) is 13.3 Å². The van der Waals surface area contributed by atoms with Crippen molar-refractivity contribution < 1.29 is 9.47 Å². The Morgan fingerprint density at radius 1 is 1.00 bits per heavy atom. The molecule has 0 bridgehead atoms. The Hall–Kier alpha value is -1.57. The number of ether oxygens (including phenoxy) is 2. The summed E-state index contributed by atoms with van der Waals surface area (Å²) in [6.45, 7) is 3.26. The number of methoxy groups -OCH3 is 2. The lowest BCUT2D eigenvalue weighted by molar-refractivity contribution is 0.396. The maximum absolute atomic E-state index is 5.63. The molecule has 2 rings (SSSR count). The molecule has 2 aromatic carbocycles. The van der Waals surface area contributed by atoms with Crippen LogP contribution in [0.3, 0.4) is 0 Å². The zero-order valence-corrected chi connectivity index (χ0v) is 14.6. The van der Waals surface area contributed by atoms with Gasteiger partial charge < -0.3 is 9.47 Å². The molecule has 0 spiro atoms. The van der Waals surface area contributed by atoms with E-state index in [0.717, 1.165) is 24.5 Å². The third kappa shape index (κ3) is 3.79. The van der Waals surface area contributed by atoms with Gasteiger partial charge in [0.05, 0.1) is 14.2 Å². The van der Waals surface area contributed by atoms with Crippen molar-refractivity contribution in [3.8, 4) is 11.5 Å². The Bertz CT molecular complexity index is 589. The monoisotopic (exact) mass is 317 g/mol. The smallest absolute Gasteiger partial charge is 0.131 e. The van der Waals surface area contributed by atoms with Gasteiger partial charge in [0, 0.05) is 26.0 Å². The highest BCUT2D eigenvalue weighted by Gasteiger charge is 2.22. The molecule has 0 N–H and O–H groups in total. The van der Waals surface area contributed by atoms with Gasteiger partial charge in [0.1, 0.15) is 11.5 Å². The van der Waals surface area contributed by atoms with Crippen LogP contribution in [-0.2, 0) is 0 Å². The fraction of sp³-hybridized carbons (Fsp3) is 0.333. The summed E-state index contributed by atoms with van der Waals surface area (Å²) in [5, 5.41) is 2.55. The highest BCUT2D eigenvalue weighted by Crippen LogP contribution is 2.41. The van der Waals surface area contributed by atoms with Gasteiger partial charge in [0.25, 0.3) is 0 Å². The van der Waals surface area contributed by atoms with E-state index in [-0.39, 0.29) is 0 Å². The lowest BCUT2D eigenvalue weighted by Gasteiger charge is -2.29. The summed E-state index contributed by atoms with van der Waals surface area (Å²) in [6, 6.07) is 16.7. The fourth-order valence-electron chi connectivity index (χ4n) is 2.47. The molecule has 4 heteroatoms. The van der Waals surface area contributed by atoms with Gasteiger partial charge in [-0.05, 0) is 30.9 Å². The van der Waals surface area contributed by atoms with Crippen molar-refractivity contribution in [3.05, 3.63) is 48.5 Å². The maximum Gasteiger partial charge on any atom is 0.131 e. The predicted molar refractivity (Wildman–Crippen MR) is 95.1 cm³/mol. The fourth-order valence-corrected chi connectivity index (χ4v) is 4.95. The molecule has 0 aliphatic rings. The van der Waals surface area contributed by atoms with Crippen LogP contribution in [0.4, 0.5) is 0 Å². The first-order valence-corrected chi connectivity index (χ1v) is 8.79. The molecule has 0 saturated carbocycles. The molecule has 0 heterocycles. The predicted octanol–water partition coefficient (Wildman–Crippen LogP) is 3.39. The highest BCUT2D eigenvalue weighted by molar-refractivity contribution is 7.71. The van der Waals surface area contributed by atoms with Crippen LogP contribution in [0.15, 0.2) is 48.5 Å². The molecule has 0 amide bonds. The topological polar surface area (TPSA) is 21.7 Å². The average molecular weight is 317 g/mol. The molecule has 0 radical (unpaired) electrons. The second kappa shape index (κ2) is 8.17. The Balaban J connectivity index is 2.49. The Labute approximate surface area is 134 Å². The van der Waals surface area contributed by atoms with Crippen LogP contribution in [0.1, 0.15) is 13.3 Å². The van der Waals surface area contributed by atoms with E-state index in [0.29, 0.717) is 0 Å². The minimum atomic E-state index is -0.609. The zero-order valence-electron chi connectivity index (χ0n) is 13.7. The molecular formula is C18H24NO2P. The number of benzene rings is 2. The zero-order chi connectivity index (χ0) is 15.9. The summed E-state index contributed by atoms with van der Waals surface area (Å²) < 4.78 is 13.4. The number of hydrogen-bond donors (Lipinski definition) is 0. The van der Waals surface area contributed by atoms with Crippen molar-refractivity contribution in [3.63, 3.8) is 0 Å². The summed E-state index contributed by atoms with van der Waals surface area (Å²) in [7, 11) is 4.97. The van der Waals surface area contributed by atoms with Gasteiger partial charge in [0.2, 0.25) is 0 Å². The van der Waals surface area contributed by atoms with Crippen LogP contribution in [0, 0.1) is 0 Å². The van der Waals surface area contributed by atoms with E-state index in [9.17, 15) is 0 Å². The molecule has 0 aliphatic heterocycles. The van der Waals surface area contributed by atoms with E-state index in [4.69, 9.17) is 9.47 Å².